The molecular formula is C69H93BBr4Cl8N10O10Si. The highest BCUT2D eigenvalue weighted by atomic mass is 79.9. The Morgan fingerprint density at radius 3 is 1.30 bits per heavy atom. The van der Waals surface area contributed by atoms with Gasteiger partial charge in [-0.1, -0.05) is 146 Å². The first-order chi connectivity index (χ1) is 48.9. The van der Waals surface area contributed by atoms with Crippen LogP contribution in [0.15, 0.2) is 92.0 Å². The average Bonchev–Trinajstić information content (AvgIpc) is 1.62. The van der Waals surface area contributed by atoms with Gasteiger partial charge >= 0.3 is 14.6 Å². The predicted octanol–water partition coefficient (Wildman–Crippen LogP) is 19.3. The number of nitrogens with one attached hydrogen (secondary N) is 2. The number of ether oxygens (including phenoxy) is 3. The van der Waals surface area contributed by atoms with Gasteiger partial charge in [-0.05, 0) is 135 Å². The zero-order valence-corrected chi connectivity index (χ0v) is 73.2. The van der Waals surface area contributed by atoms with Crippen LogP contribution in [-0.2, 0) is 49.0 Å². The molecule has 0 saturated heterocycles. The quantitative estimate of drug-likeness (QED) is 0.0411. The second-order valence-electron chi connectivity index (χ2n) is 25.1. The molecule has 2 fully saturated rings. The number of phenolic OH excluding ortho intramolecular Hbond substituents is 1. The second-order valence-corrected chi connectivity index (χ2v) is 40.1. The van der Waals surface area contributed by atoms with E-state index >= 15 is 0 Å². The minimum Gasteiger partial charge on any atom is -0.506 e. The van der Waals surface area contributed by atoms with Crippen LogP contribution in [0.3, 0.4) is 0 Å². The highest BCUT2D eigenvalue weighted by Crippen LogP contribution is 2.37. The highest BCUT2D eigenvalue weighted by molar-refractivity contribution is 9.69. The molecule has 0 radical (unpaired) electrons. The van der Waals surface area contributed by atoms with Crippen LogP contribution in [0, 0.1) is 6.92 Å². The van der Waals surface area contributed by atoms with Crippen molar-refractivity contribution < 1.29 is 28.8 Å². The monoisotopic (exact) mass is 1860 g/mol. The van der Waals surface area contributed by atoms with Crippen molar-refractivity contribution in [3.8, 4) is 23.0 Å². The van der Waals surface area contributed by atoms with E-state index in [1.165, 1.54) is 28.0 Å². The Bertz CT molecular complexity index is 4220. The third-order valence-corrected chi connectivity index (χ3v) is 23.6. The molecule has 4 heterocycles. The number of rotatable bonds is 20. The van der Waals surface area contributed by atoms with Crippen molar-refractivity contribution in [2.75, 3.05) is 55.9 Å². The highest BCUT2D eigenvalue weighted by Gasteiger charge is 2.37. The maximum Gasteiger partial charge on any atom is 0.369 e. The van der Waals surface area contributed by atoms with Gasteiger partial charge in [-0.2, -0.15) is 9.97 Å². The summed E-state index contributed by atoms with van der Waals surface area (Å²) < 4.78 is 31.1. The number of phenols is 1. The number of hydrogen-bond acceptors (Lipinski definition) is 14. The van der Waals surface area contributed by atoms with E-state index in [0.29, 0.717) is 69.1 Å². The van der Waals surface area contributed by atoms with E-state index in [1.807, 2.05) is 73.0 Å². The second kappa shape index (κ2) is 46.1. The molecule has 34 heteroatoms. The Kier molecular flexibility index (Phi) is 41.0. The largest absolute Gasteiger partial charge is 0.506 e. The Morgan fingerprint density at radius 1 is 0.573 bits per heavy atom. The van der Waals surface area contributed by atoms with Gasteiger partial charge in [-0.3, -0.25) is 37.0 Å². The molecule has 8 aromatic rings. The molecule has 103 heavy (non-hydrogen) atoms. The summed E-state index contributed by atoms with van der Waals surface area (Å²) in [6, 6.07) is 22.4. The number of fused-ring (bicyclic) bond motifs is 2. The lowest BCUT2D eigenvalue weighted by Crippen LogP contribution is -2.43. The van der Waals surface area contributed by atoms with Gasteiger partial charge in [0.25, 0.3) is 11.1 Å². The number of anilines is 2. The molecule has 0 atom stereocenters. The first kappa shape index (κ1) is 91.8. The lowest BCUT2D eigenvalue weighted by molar-refractivity contribution is 0.270. The van der Waals surface area contributed by atoms with E-state index < -0.39 is 19.6 Å². The van der Waals surface area contributed by atoms with E-state index in [2.05, 4.69) is 113 Å². The molecular weight excluding hydrogens is 1770 g/mol. The topological polar surface area (TPSA) is 225 Å². The predicted molar refractivity (Wildman–Crippen MR) is 447 cm³/mol. The molecule has 10 rings (SSSR count). The van der Waals surface area contributed by atoms with Crippen molar-refractivity contribution >= 4 is 202 Å². The SMILES string of the molecule is BrB(Br)Br.CCn1c(=O)c2c(nc(NC3CCCCC3)n2Cc2ccc(O)c(Cl)c2)n(CCO)c1=O.CCn1c(=O)c2c(nc(NC3CCCCC3)n2Cc2ccc(OC)c(Cl)c2)n(CCO[Si](C)(C)C(C)(C)C)c1=O.COc1ccc(C)cc1Cl.COc1ccc(CBr)cc1Cl.ClCCl.ClCCl. The summed E-state index contributed by atoms with van der Waals surface area (Å²) in [6.07, 6.45) is 11.1. The first-order valence-corrected chi connectivity index (χ1v) is 43.7. The molecule has 2 aliphatic carbocycles. The van der Waals surface area contributed by atoms with Crippen molar-refractivity contribution in [2.45, 2.75) is 181 Å². The number of hydrogen-bond donors (Lipinski definition) is 4. The molecule has 0 amide bonds. The zero-order valence-electron chi connectivity index (χ0n) is 59.8. The summed E-state index contributed by atoms with van der Waals surface area (Å²) in [5.74, 6) is 3.12. The summed E-state index contributed by atoms with van der Waals surface area (Å²) in [7, 11) is 2.77. The number of methoxy groups -OCH3 is 3. The van der Waals surface area contributed by atoms with E-state index in [4.69, 9.17) is 116 Å². The number of imidazole rings is 2. The number of aromatic hydroxyl groups is 1. The van der Waals surface area contributed by atoms with Gasteiger partial charge in [0.15, 0.2) is 30.6 Å². The van der Waals surface area contributed by atoms with Crippen molar-refractivity contribution in [3.05, 3.63) is 157 Å². The number of alkyl halides is 5. The zero-order chi connectivity index (χ0) is 76.9. The standard InChI is InChI=1S/C29H44ClN5O4Si.C22H28ClN5O4.C8H8BrClO.C8H9ClO.2CH2Cl2.BBr3/c1-8-33-26(36)24-25(34(28(33)37)16-17-39-40(6,7)29(2,3)4)32-27(31-21-12-10-9-11-13-21)35(24)19-20-14-15-23(38-5)22(30)18-20;1-2-26-20(31)18-19(27(10-11-29)22(26)32)25-21(24-15-6-4-3-5-7-15)28(18)13-14-8-9-17(30)16(23)12-14;1-11-8-3-2-6(5-9)4-7(8)10;1-6-3-4-8(10-2)7(9)5-6;2*2-1-3;2-1(3)4/h14-15,18,21H,8-13,16-17,19H2,1-7H3,(H,31,32);8-9,12,15,29-30H,2-7,10-11,13H2,1H3,(H,24,25);2-4H,5H2,1H3;3-5H,1-2H3;2*1H2;. The van der Waals surface area contributed by atoms with Gasteiger partial charge in [0.2, 0.25) is 11.9 Å². The number of aliphatic hydroxyl groups excluding tert-OH is 1. The van der Waals surface area contributed by atoms with Crippen LogP contribution in [0.5, 0.6) is 23.0 Å². The lowest BCUT2D eigenvalue weighted by atomic mass is 9.96. The Morgan fingerprint density at radius 2 is 0.942 bits per heavy atom. The van der Waals surface area contributed by atoms with Crippen molar-refractivity contribution in [3.63, 3.8) is 0 Å². The summed E-state index contributed by atoms with van der Waals surface area (Å²) >= 11 is 55.9. The Balaban J connectivity index is 0.000000312. The molecule has 0 bridgehead atoms. The fourth-order valence-electron chi connectivity index (χ4n) is 11.0. The average molecular weight is 1860 g/mol. The maximum atomic E-state index is 13.8. The van der Waals surface area contributed by atoms with Gasteiger partial charge in [0.05, 0.1) is 91.5 Å². The molecule has 20 nitrogen and oxygen atoms in total. The molecule has 0 unspecified atom stereocenters. The minimum atomic E-state index is -2.02. The van der Waals surface area contributed by atoms with Crippen LogP contribution in [0.2, 0.25) is 38.2 Å². The third kappa shape index (κ3) is 27.2. The number of benzene rings is 4. The Labute approximate surface area is 677 Å². The number of halogens is 12. The van der Waals surface area contributed by atoms with E-state index in [9.17, 15) is 29.4 Å². The number of aromatic nitrogens is 8. The van der Waals surface area contributed by atoms with Crippen LogP contribution in [0.4, 0.5) is 11.9 Å². The van der Waals surface area contributed by atoms with Gasteiger partial charge in [0, 0.05) is 30.5 Å². The van der Waals surface area contributed by atoms with Gasteiger partial charge in [0.1, 0.15) is 23.0 Å². The fraction of sp³-hybridized carbons (Fsp3) is 0.507. The summed E-state index contributed by atoms with van der Waals surface area (Å²) in [5.41, 5.74) is 3.70. The van der Waals surface area contributed by atoms with Gasteiger partial charge < -0.3 is 39.5 Å². The third-order valence-electron chi connectivity index (χ3n) is 17.2. The molecule has 4 aromatic heterocycles. The fourth-order valence-corrected chi connectivity index (χ4v) is 13.5. The van der Waals surface area contributed by atoms with E-state index in [-0.39, 0.29) is 91.4 Å². The summed E-state index contributed by atoms with van der Waals surface area (Å²) in [5, 5.41) is 29.7. The number of aliphatic hydroxyl groups is 1. The molecule has 4 N–H and O–H groups in total. The number of aryl methyl sites for hydroxylation is 1. The van der Waals surface area contributed by atoms with Crippen LogP contribution in [0.1, 0.15) is 121 Å². The van der Waals surface area contributed by atoms with Crippen LogP contribution in [-0.4, -0.2) is 116 Å². The molecule has 4 aromatic carbocycles. The van der Waals surface area contributed by atoms with Crippen LogP contribution < -0.4 is 47.3 Å². The van der Waals surface area contributed by atoms with Crippen molar-refractivity contribution in [1.82, 2.24) is 37.4 Å². The minimum absolute atomic E-state index is 0.0171. The van der Waals surface area contributed by atoms with E-state index in [0.717, 1.165) is 95.0 Å². The van der Waals surface area contributed by atoms with Crippen molar-refractivity contribution in [2.24, 2.45) is 0 Å². The van der Waals surface area contributed by atoms with Crippen LogP contribution in [0.25, 0.3) is 22.3 Å². The van der Waals surface area contributed by atoms with Crippen LogP contribution >= 0.6 is 156 Å². The summed E-state index contributed by atoms with van der Waals surface area (Å²) in [6.45, 7) is 18.1. The first-order valence-electron chi connectivity index (χ1n) is 33.3. The number of nitrogens with zero attached hydrogens (tertiary/aromatic N) is 8. The molecule has 2 saturated carbocycles. The Hall–Kier alpha value is -3.58. The van der Waals surface area contributed by atoms with Gasteiger partial charge in [-0.15, -0.1) is 93.7 Å². The molecule has 0 aliphatic heterocycles. The van der Waals surface area contributed by atoms with E-state index in [1.54, 1.807) is 49.5 Å². The lowest BCUT2D eigenvalue weighted by Gasteiger charge is -2.36. The summed E-state index contributed by atoms with van der Waals surface area (Å²) in [4.78, 5) is 63.1. The molecule has 570 valence electrons. The molecule has 2 aliphatic rings. The molecule has 0 spiro atoms. The maximum absolute atomic E-state index is 13.8. The normalized spacial score (nSPS) is 13.0. The smallest absolute Gasteiger partial charge is 0.369 e. The van der Waals surface area contributed by atoms with Crippen molar-refractivity contribution in [1.29, 1.82) is 0 Å². The van der Waals surface area contributed by atoms with Gasteiger partial charge in [-0.25, -0.2) is 9.59 Å².